The molecule has 0 unspecified atom stereocenters. The average Bonchev–Trinajstić information content (AvgIpc) is 2.32. The van der Waals surface area contributed by atoms with Gasteiger partial charge in [-0.3, -0.25) is 4.79 Å². The van der Waals surface area contributed by atoms with Gasteiger partial charge in [0.05, 0.1) is 12.8 Å². The lowest BCUT2D eigenvalue weighted by Crippen LogP contribution is -2.12. The fourth-order valence-corrected chi connectivity index (χ4v) is 1.68. The van der Waals surface area contributed by atoms with Crippen LogP contribution in [0.15, 0.2) is 18.2 Å². The van der Waals surface area contributed by atoms with Crippen LogP contribution in [0.4, 0.5) is 5.69 Å². The molecule has 1 amide bonds. The van der Waals surface area contributed by atoms with Crippen molar-refractivity contribution in [3.63, 3.8) is 0 Å². The van der Waals surface area contributed by atoms with Crippen LogP contribution < -0.4 is 10.1 Å². The summed E-state index contributed by atoms with van der Waals surface area (Å²) in [5, 5.41) is 2.84. The number of methoxy groups -OCH3 is 1. The van der Waals surface area contributed by atoms with Crippen LogP contribution in [0.3, 0.4) is 0 Å². The Hall–Kier alpha value is -1.22. The van der Waals surface area contributed by atoms with Gasteiger partial charge in [0.25, 0.3) is 0 Å². The van der Waals surface area contributed by atoms with E-state index in [9.17, 15) is 4.79 Å². The molecule has 0 radical (unpaired) electrons. The van der Waals surface area contributed by atoms with Crippen LogP contribution in [-0.4, -0.2) is 18.9 Å². The summed E-state index contributed by atoms with van der Waals surface area (Å²) in [7, 11) is 1.60. The predicted octanol–water partition coefficient (Wildman–Crippen LogP) is 3.35. The maximum absolute atomic E-state index is 11.6. The first kappa shape index (κ1) is 13.8. The van der Waals surface area contributed by atoms with Crippen LogP contribution in [0.2, 0.25) is 0 Å². The lowest BCUT2D eigenvalue weighted by atomic mass is 10.2. The molecule has 17 heavy (non-hydrogen) atoms. The first-order valence-corrected chi connectivity index (χ1v) is 6.21. The number of carbonyl (C=O) groups is 1. The zero-order valence-electron chi connectivity index (χ0n) is 10.3. The van der Waals surface area contributed by atoms with Gasteiger partial charge >= 0.3 is 0 Å². The summed E-state index contributed by atoms with van der Waals surface area (Å²) in [6, 6.07) is 5.69. The largest absolute Gasteiger partial charge is 0.495 e. The van der Waals surface area contributed by atoms with Crippen molar-refractivity contribution in [3.05, 3.63) is 23.8 Å². The first-order chi connectivity index (χ1) is 8.17. The number of carbonyl (C=O) groups excluding carboxylic acids is 1. The highest BCUT2D eigenvalue weighted by Crippen LogP contribution is 2.25. The highest BCUT2D eigenvalue weighted by Gasteiger charge is 2.07. The van der Waals surface area contributed by atoms with E-state index in [1.807, 2.05) is 25.1 Å². The Morgan fingerprint density at radius 2 is 2.18 bits per heavy atom. The minimum absolute atomic E-state index is 0.00253. The summed E-state index contributed by atoms with van der Waals surface area (Å²) >= 11 is 5.56. The number of rotatable bonds is 6. The van der Waals surface area contributed by atoms with Crippen LogP contribution in [0.5, 0.6) is 5.75 Å². The maximum atomic E-state index is 11.6. The monoisotopic (exact) mass is 255 g/mol. The molecule has 0 atom stereocenters. The topological polar surface area (TPSA) is 38.3 Å². The lowest BCUT2D eigenvalue weighted by molar-refractivity contribution is -0.116. The molecule has 94 valence electrons. The minimum atomic E-state index is -0.00253. The smallest absolute Gasteiger partial charge is 0.224 e. The van der Waals surface area contributed by atoms with Crippen molar-refractivity contribution in [3.8, 4) is 5.75 Å². The molecule has 0 aromatic heterocycles. The summed E-state index contributed by atoms with van der Waals surface area (Å²) < 4.78 is 5.22. The van der Waals surface area contributed by atoms with E-state index >= 15 is 0 Å². The summed E-state index contributed by atoms with van der Waals surface area (Å²) in [6.07, 6.45) is 2.16. The highest BCUT2D eigenvalue weighted by atomic mass is 35.5. The number of amides is 1. The Labute approximate surface area is 107 Å². The molecular weight excluding hydrogens is 238 g/mol. The van der Waals surface area contributed by atoms with E-state index in [0.717, 1.165) is 18.4 Å². The van der Waals surface area contributed by atoms with Gasteiger partial charge in [-0.15, -0.1) is 11.6 Å². The van der Waals surface area contributed by atoms with E-state index in [4.69, 9.17) is 16.3 Å². The molecule has 0 fully saturated rings. The second kappa shape index (κ2) is 7.17. The van der Waals surface area contributed by atoms with Gasteiger partial charge < -0.3 is 10.1 Å². The normalized spacial score (nSPS) is 10.1. The summed E-state index contributed by atoms with van der Waals surface area (Å²) in [5.74, 6) is 1.29. The molecule has 0 aliphatic heterocycles. The molecule has 0 heterocycles. The predicted molar refractivity (Wildman–Crippen MR) is 70.9 cm³/mol. The van der Waals surface area contributed by atoms with Crippen LogP contribution in [0.25, 0.3) is 0 Å². The van der Waals surface area contributed by atoms with Gasteiger partial charge in [0.2, 0.25) is 5.91 Å². The number of alkyl halides is 1. The van der Waals surface area contributed by atoms with Crippen molar-refractivity contribution in [2.45, 2.75) is 26.2 Å². The SMILES string of the molecule is COc1cc(C)ccc1NC(=O)CCCCCl. The Kier molecular flexibility index (Phi) is 5.84. The molecular formula is C13H18ClNO2. The number of nitrogens with one attached hydrogen (secondary N) is 1. The van der Waals surface area contributed by atoms with Crippen molar-refractivity contribution in [2.24, 2.45) is 0 Å². The quantitative estimate of drug-likeness (QED) is 0.625. The second-order valence-corrected chi connectivity index (χ2v) is 4.28. The fraction of sp³-hybridized carbons (Fsp3) is 0.462. The summed E-state index contributed by atoms with van der Waals surface area (Å²) in [4.78, 5) is 11.6. The molecule has 0 spiro atoms. The van der Waals surface area contributed by atoms with Crippen molar-refractivity contribution in [1.29, 1.82) is 0 Å². The highest BCUT2D eigenvalue weighted by molar-refractivity contribution is 6.17. The van der Waals surface area contributed by atoms with E-state index in [-0.39, 0.29) is 5.91 Å². The molecule has 0 aliphatic carbocycles. The van der Waals surface area contributed by atoms with Crippen molar-refractivity contribution in [2.75, 3.05) is 18.3 Å². The molecule has 1 aromatic carbocycles. The number of unbranched alkanes of at least 4 members (excludes halogenated alkanes) is 1. The van der Waals surface area contributed by atoms with Gasteiger partial charge in [-0.05, 0) is 37.5 Å². The number of aryl methyl sites for hydroxylation is 1. The second-order valence-electron chi connectivity index (χ2n) is 3.90. The van der Waals surface area contributed by atoms with E-state index in [1.54, 1.807) is 7.11 Å². The van der Waals surface area contributed by atoms with Crippen molar-refractivity contribution in [1.82, 2.24) is 0 Å². The molecule has 0 aliphatic rings. The molecule has 3 nitrogen and oxygen atoms in total. The molecule has 0 saturated heterocycles. The minimum Gasteiger partial charge on any atom is -0.495 e. The fourth-order valence-electron chi connectivity index (χ4n) is 1.49. The number of hydrogen-bond acceptors (Lipinski definition) is 2. The average molecular weight is 256 g/mol. The van der Waals surface area contributed by atoms with Crippen molar-refractivity contribution < 1.29 is 9.53 Å². The molecule has 4 heteroatoms. The number of halogens is 1. The van der Waals surface area contributed by atoms with Gasteiger partial charge in [-0.2, -0.15) is 0 Å². The van der Waals surface area contributed by atoms with E-state index < -0.39 is 0 Å². The van der Waals surface area contributed by atoms with Gasteiger partial charge in [0.1, 0.15) is 5.75 Å². The molecule has 1 aromatic rings. The Morgan fingerprint density at radius 1 is 1.41 bits per heavy atom. The number of ether oxygens (including phenoxy) is 1. The maximum Gasteiger partial charge on any atom is 0.224 e. The first-order valence-electron chi connectivity index (χ1n) is 5.68. The molecule has 0 saturated carbocycles. The molecule has 1 rings (SSSR count). The zero-order chi connectivity index (χ0) is 12.7. The Morgan fingerprint density at radius 3 is 2.82 bits per heavy atom. The third kappa shape index (κ3) is 4.65. The molecule has 1 N–H and O–H groups in total. The van der Waals surface area contributed by atoms with E-state index in [1.165, 1.54) is 0 Å². The number of hydrogen-bond donors (Lipinski definition) is 1. The molecule has 0 bridgehead atoms. The van der Waals surface area contributed by atoms with E-state index in [2.05, 4.69) is 5.32 Å². The van der Waals surface area contributed by atoms with Gasteiger partial charge in [-0.1, -0.05) is 6.07 Å². The lowest BCUT2D eigenvalue weighted by Gasteiger charge is -2.10. The van der Waals surface area contributed by atoms with E-state index in [0.29, 0.717) is 23.7 Å². The van der Waals surface area contributed by atoms with Crippen LogP contribution in [-0.2, 0) is 4.79 Å². The number of benzene rings is 1. The van der Waals surface area contributed by atoms with Crippen molar-refractivity contribution >= 4 is 23.2 Å². The Bertz CT molecular complexity index is 380. The Balaban J connectivity index is 2.58. The third-order valence-corrected chi connectivity index (χ3v) is 2.69. The van der Waals surface area contributed by atoms with Gasteiger partial charge in [-0.25, -0.2) is 0 Å². The summed E-state index contributed by atoms with van der Waals surface area (Å²) in [6.45, 7) is 1.98. The zero-order valence-corrected chi connectivity index (χ0v) is 11.0. The van der Waals surface area contributed by atoms with Gasteiger partial charge in [0, 0.05) is 12.3 Å². The van der Waals surface area contributed by atoms with Crippen LogP contribution >= 0.6 is 11.6 Å². The van der Waals surface area contributed by atoms with Crippen LogP contribution in [0.1, 0.15) is 24.8 Å². The summed E-state index contributed by atoms with van der Waals surface area (Å²) in [5.41, 5.74) is 1.82. The third-order valence-electron chi connectivity index (χ3n) is 2.42. The standard InChI is InChI=1S/C13H18ClNO2/c1-10-6-7-11(12(9-10)17-2)15-13(16)5-3-4-8-14/h6-7,9H,3-5,8H2,1-2H3,(H,15,16). The van der Waals surface area contributed by atoms with Crippen LogP contribution in [0, 0.1) is 6.92 Å². The van der Waals surface area contributed by atoms with Gasteiger partial charge in [0.15, 0.2) is 0 Å². The number of anilines is 1.